The zero-order valence-electron chi connectivity index (χ0n) is 8.58. The van der Waals surface area contributed by atoms with Gasteiger partial charge in [-0.2, -0.15) is 0 Å². The lowest BCUT2D eigenvalue weighted by Gasteiger charge is -2.05. The molecule has 2 heteroatoms. The van der Waals surface area contributed by atoms with Crippen molar-refractivity contribution in [1.82, 2.24) is 0 Å². The third-order valence-corrected chi connectivity index (χ3v) is 2.34. The van der Waals surface area contributed by atoms with Crippen LogP contribution in [-0.4, -0.2) is 0 Å². The molecular weight excluding hydrogens is 206 g/mol. The Hall–Kier alpha value is -1.96. The van der Waals surface area contributed by atoms with Crippen molar-refractivity contribution in [2.24, 2.45) is 0 Å². The van der Waals surface area contributed by atoms with Crippen LogP contribution >= 0.6 is 0 Å². The Morgan fingerprint density at radius 1 is 1.00 bits per heavy atom. The summed E-state index contributed by atoms with van der Waals surface area (Å²) in [4.78, 5) is 0. The molecule has 0 saturated heterocycles. The highest BCUT2D eigenvalue weighted by Crippen LogP contribution is 2.24. The Morgan fingerprint density at radius 2 is 1.75 bits per heavy atom. The van der Waals surface area contributed by atoms with Crippen LogP contribution < -0.4 is 0 Å². The summed E-state index contributed by atoms with van der Waals surface area (Å²) >= 11 is 0. The Morgan fingerprint density at radius 3 is 2.44 bits per heavy atom. The lowest BCUT2D eigenvalue weighted by molar-refractivity contribution is 0.624. The first-order valence-corrected chi connectivity index (χ1v) is 4.88. The fourth-order valence-electron chi connectivity index (χ4n) is 1.58. The molecule has 16 heavy (non-hydrogen) atoms. The molecule has 0 radical (unpaired) electrons. The van der Waals surface area contributed by atoms with Crippen LogP contribution in [0.15, 0.2) is 49.0 Å². The molecule has 0 atom stereocenters. The molecule has 0 aliphatic heterocycles. The zero-order chi connectivity index (χ0) is 11.5. The molecule has 0 aromatic heterocycles. The highest BCUT2D eigenvalue weighted by molar-refractivity contribution is 5.67. The minimum atomic E-state index is -0.393. The van der Waals surface area contributed by atoms with Crippen LogP contribution in [0.3, 0.4) is 0 Å². The van der Waals surface area contributed by atoms with E-state index in [0.29, 0.717) is 16.7 Å². The summed E-state index contributed by atoms with van der Waals surface area (Å²) in [7, 11) is 0. The largest absolute Gasteiger partial charge is 0.207 e. The highest BCUT2D eigenvalue weighted by atomic mass is 19.1. The highest BCUT2D eigenvalue weighted by Gasteiger charge is 2.06. The maximum absolute atomic E-state index is 13.5. The van der Waals surface area contributed by atoms with Gasteiger partial charge in [0.2, 0.25) is 0 Å². The fourth-order valence-corrected chi connectivity index (χ4v) is 1.58. The monoisotopic (exact) mass is 216 g/mol. The standard InChI is InChI=1S/C14H10F2/c1-2-10-7-11(9-12(15)8-10)13-5-3-4-6-14(13)16/h2-9H,1H2. The first kappa shape index (κ1) is 10.6. The molecular formula is C14H10F2. The predicted molar refractivity (Wildman–Crippen MR) is 61.9 cm³/mol. The minimum Gasteiger partial charge on any atom is -0.207 e. The number of benzene rings is 2. The molecule has 2 aromatic carbocycles. The average Bonchev–Trinajstić information content (AvgIpc) is 2.28. The summed E-state index contributed by atoms with van der Waals surface area (Å²) in [6.07, 6.45) is 1.54. The van der Waals surface area contributed by atoms with E-state index in [1.165, 1.54) is 24.3 Å². The minimum absolute atomic E-state index is 0.358. The topological polar surface area (TPSA) is 0 Å². The molecule has 0 fully saturated rings. The van der Waals surface area contributed by atoms with E-state index in [1.54, 1.807) is 24.3 Å². The lowest BCUT2D eigenvalue weighted by Crippen LogP contribution is -1.86. The number of hydrogen-bond acceptors (Lipinski definition) is 0. The Labute approximate surface area is 92.9 Å². The van der Waals surface area contributed by atoms with Gasteiger partial charge in [-0.3, -0.25) is 0 Å². The first-order chi connectivity index (χ1) is 7.70. The van der Waals surface area contributed by atoms with Crippen molar-refractivity contribution in [3.8, 4) is 11.1 Å². The van der Waals surface area contributed by atoms with E-state index in [1.807, 2.05) is 0 Å². The van der Waals surface area contributed by atoms with E-state index < -0.39 is 5.82 Å². The predicted octanol–water partition coefficient (Wildman–Crippen LogP) is 4.27. The molecule has 0 aliphatic rings. The summed E-state index contributed by atoms with van der Waals surface area (Å²) in [6, 6.07) is 10.7. The van der Waals surface area contributed by atoms with Crippen molar-refractivity contribution in [3.63, 3.8) is 0 Å². The third kappa shape index (κ3) is 2.01. The maximum Gasteiger partial charge on any atom is 0.131 e. The molecule has 80 valence electrons. The molecule has 0 bridgehead atoms. The molecule has 0 N–H and O–H groups in total. The lowest BCUT2D eigenvalue weighted by atomic mass is 10.0. The summed E-state index contributed by atoms with van der Waals surface area (Å²) in [5.41, 5.74) is 1.55. The molecule has 0 spiro atoms. The zero-order valence-corrected chi connectivity index (χ0v) is 8.58. The van der Waals surface area contributed by atoms with Crippen molar-refractivity contribution in [2.45, 2.75) is 0 Å². The maximum atomic E-state index is 13.5. The van der Waals surface area contributed by atoms with Crippen LogP contribution in [0, 0.1) is 11.6 Å². The summed E-state index contributed by atoms with van der Waals surface area (Å²) < 4.78 is 26.8. The van der Waals surface area contributed by atoms with Gasteiger partial charge in [0.15, 0.2) is 0 Å². The smallest absolute Gasteiger partial charge is 0.131 e. The van der Waals surface area contributed by atoms with E-state index in [9.17, 15) is 8.78 Å². The van der Waals surface area contributed by atoms with Gasteiger partial charge >= 0.3 is 0 Å². The molecule has 0 nitrogen and oxygen atoms in total. The Kier molecular flexibility index (Phi) is 2.82. The van der Waals surface area contributed by atoms with E-state index >= 15 is 0 Å². The second-order valence-corrected chi connectivity index (χ2v) is 3.46. The molecule has 2 aromatic rings. The fraction of sp³-hybridized carbons (Fsp3) is 0. The van der Waals surface area contributed by atoms with Crippen molar-refractivity contribution in [1.29, 1.82) is 0 Å². The van der Waals surface area contributed by atoms with Gasteiger partial charge in [0.1, 0.15) is 11.6 Å². The SMILES string of the molecule is C=Cc1cc(F)cc(-c2ccccc2F)c1. The van der Waals surface area contributed by atoms with Crippen LogP contribution in [0.25, 0.3) is 17.2 Å². The van der Waals surface area contributed by atoms with Crippen LogP contribution in [0.2, 0.25) is 0 Å². The quantitative estimate of drug-likeness (QED) is 0.703. The first-order valence-electron chi connectivity index (χ1n) is 4.88. The number of rotatable bonds is 2. The van der Waals surface area contributed by atoms with Gasteiger partial charge < -0.3 is 0 Å². The molecule has 2 rings (SSSR count). The van der Waals surface area contributed by atoms with Crippen molar-refractivity contribution >= 4 is 6.08 Å². The molecule has 0 amide bonds. The van der Waals surface area contributed by atoms with Crippen LogP contribution in [-0.2, 0) is 0 Å². The summed E-state index contributed by atoms with van der Waals surface area (Å²) in [5, 5.41) is 0. The molecule has 0 heterocycles. The number of halogens is 2. The van der Waals surface area contributed by atoms with Crippen LogP contribution in [0.5, 0.6) is 0 Å². The third-order valence-electron chi connectivity index (χ3n) is 2.34. The Bertz CT molecular complexity index is 530. The summed E-state index contributed by atoms with van der Waals surface area (Å²) in [5.74, 6) is -0.751. The average molecular weight is 216 g/mol. The van der Waals surface area contributed by atoms with Gasteiger partial charge in [-0.05, 0) is 35.4 Å². The summed E-state index contributed by atoms with van der Waals surface area (Å²) in [6.45, 7) is 3.57. The van der Waals surface area contributed by atoms with Gasteiger partial charge in [-0.25, -0.2) is 8.78 Å². The van der Waals surface area contributed by atoms with Crippen molar-refractivity contribution in [2.75, 3.05) is 0 Å². The second kappa shape index (κ2) is 4.27. The van der Waals surface area contributed by atoms with Crippen LogP contribution in [0.1, 0.15) is 5.56 Å². The van der Waals surface area contributed by atoms with E-state index in [4.69, 9.17) is 0 Å². The van der Waals surface area contributed by atoms with Gasteiger partial charge in [0.05, 0.1) is 0 Å². The van der Waals surface area contributed by atoms with Gasteiger partial charge in [0.25, 0.3) is 0 Å². The molecule has 0 unspecified atom stereocenters. The van der Waals surface area contributed by atoms with E-state index in [0.717, 1.165) is 0 Å². The van der Waals surface area contributed by atoms with E-state index in [2.05, 4.69) is 6.58 Å². The molecule has 0 aliphatic carbocycles. The normalized spacial score (nSPS) is 10.1. The van der Waals surface area contributed by atoms with Gasteiger partial charge in [0, 0.05) is 5.56 Å². The van der Waals surface area contributed by atoms with Gasteiger partial charge in [-0.15, -0.1) is 0 Å². The number of hydrogen-bond donors (Lipinski definition) is 0. The molecule has 0 saturated carbocycles. The van der Waals surface area contributed by atoms with Gasteiger partial charge in [-0.1, -0.05) is 30.9 Å². The second-order valence-electron chi connectivity index (χ2n) is 3.46. The van der Waals surface area contributed by atoms with E-state index in [-0.39, 0.29) is 5.82 Å². The van der Waals surface area contributed by atoms with Crippen LogP contribution in [0.4, 0.5) is 8.78 Å². The Balaban J connectivity index is 2.60. The van der Waals surface area contributed by atoms with Crippen molar-refractivity contribution in [3.05, 3.63) is 66.2 Å². The van der Waals surface area contributed by atoms with Crippen molar-refractivity contribution < 1.29 is 8.78 Å².